The maximum Gasteiger partial charge on any atom is 0.269 e. The fraction of sp³-hybridized carbons (Fsp3) is 0.200. The number of nitrogens with zero attached hydrogens (tertiary/aromatic N) is 1. The molecule has 5 nitrogen and oxygen atoms in total. The quantitative estimate of drug-likeness (QED) is 0.513. The van der Waals surface area contributed by atoms with Crippen LogP contribution in [0.1, 0.15) is 18.2 Å². The van der Waals surface area contributed by atoms with E-state index in [-0.39, 0.29) is 34.5 Å². The van der Waals surface area contributed by atoms with Crippen LogP contribution in [0.3, 0.4) is 0 Å². The van der Waals surface area contributed by atoms with Gasteiger partial charge in [-0.05, 0) is 53.6 Å². The van der Waals surface area contributed by atoms with E-state index >= 15 is 0 Å². The van der Waals surface area contributed by atoms with E-state index in [4.69, 9.17) is 10.5 Å². The molecule has 0 aliphatic rings. The number of nitrogens with two attached hydrogens (primary N) is 1. The Bertz CT molecular complexity index is 1030. The number of primary amides is 1. The molecule has 0 atom stereocenters. The van der Waals surface area contributed by atoms with Crippen molar-refractivity contribution >= 4 is 21.8 Å². The van der Waals surface area contributed by atoms with Crippen molar-refractivity contribution in [1.29, 1.82) is 0 Å². The zero-order chi connectivity index (χ0) is 21.0. The molecular formula is C20H19BrF2N2O3. The van der Waals surface area contributed by atoms with Crippen LogP contribution in [0, 0.1) is 18.6 Å². The summed E-state index contributed by atoms with van der Waals surface area (Å²) in [5.74, 6) is -1.74. The average molecular weight is 453 g/mol. The highest BCUT2D eigenvalue weighted by Crippen LogP contribution is 2.24. The Hall–Kier alpha value is -2.74. The normalized spacial score (nSPS) is 11.4. The first-order chi connectivity index (χ1) is 13.1. The number of pyridine rings is 1. The lowest BCUT2D eigenvalue weighted by Gasteiger charge is -2.15. The molecular weight excluding hydrogens is 434 g/mol. The number of hydrogen-bond acceptors (Lipinski definition) is 3. The Morgan fingerprint density at radius 2 is 2.04 bits per heavy atom. The van der Waals surface area contributed by atoms with E-state index in [1.807, 2.05) is 0 Å². The summed E-state index contributed by atoms with van der Waals surface area (Å²) in [5, 5.41) is 0. The summed E-state index contributed by atoms with van der Waals surface area (Å²) in [6, 6.07) is 4.80. The number of ether oxygens (including phenoxy) is 1. The maximum atomic E-state index is 13.7. The monoisotopic (exact) mass is 452 g/mol. The molecule has 1 heterocycles. The van der Waals surface area contributed by atoms with Gasteiger partial charge in [0.25, 0.3) is 5.56 Å². The summed E-state index contributed by atoms with van der Waals surface area (Å²) in [6.07, 6.45) is 1.52. The van der Waals surface area contributed by atoms with Crippen LogP contribution in [-0.2, 0) is 17.9 Å². The molecule has 2 rings (SSSR count). The van der Waals surface area contributed by atoms with Crippen LogP contribution in [0.4, 0.5) is 8.78 Å². The first-order valence-corrected chi connectivity index (χ1v) is 9.02. The van der Waals surface area contributed by atoms with Crippen molar-refractivity contribution in [3.8, 4) is 5.75 Å². The lowest BCUT2D eigenvalue weighted by atomic mass is 10.1. The van der Waals surface area contributed by atoms with Gasteiger partial charge in [-0.15, -0.1) is 0 Å². The second kappa shape index (κ2) is 8.97. The summed E-state index contributed by atoms with van der Waals surface area (Å²) in [7, 11) is 0. The molecule has 0 fully saturated rings. The summed E-state index contributed by atoms with van der Waals surface area (Å²) in [5.41, 5.74) is 6.41. The van der Waals surface area contributed by atoms with Crippen LogP contribution < -0.4 is 16.0 Å². The predicted octanol–water partition coefficient (Wildman–Crippen LogP) is 3.76. The maximum absolute atomic E-state index is 13.7. The van der Waals surface area contributed by atoms with Gasteiger partial charge in [-0.2, -0.15) is 0 Å². The van der Waals surface area contributed by atoms with E-state index in [9.17, 15) is 18.4 Å². The van der Waals surface area contributed by atoms with E-state index in [0.717, 1.165) is 12.1 Å². The molecule has 0 saturated carbocycles. The molecule has 0 bridgehead atoms. The van der Waals surface area contributed by atoms with Gasteiger partial charge in [0.2, 0.25) is 5.91 Å². The van der Waals surface area contributed by atoms with E-state index in [1.54, 1.807) is 19.9 Å². The lowest BCUT2D eigenvalue weighted by molar-refractivity contribution is -0.114. The predicted molar refractivity (Wildman–Crippen MR) is 106 cm³/mol. The van der Waals surface area contributed by atoms with Gasteiger partial charge >= 0.3 is 0 Å². The Morgan fingerprint density at radius 1 is 1.36 bits per heavy atom. The fourth-order valence-electron chi connectivity index (χ4n) is 2.44. The van der Waals surface area contributed by atoms with Crippen molar-refractivity contribution in [2.45, 2.75) is 27.0 Å². The Morgan fingerprint density at radius 3 is 2.64 bits per heavy atom. The Kier molecular flexibility index (Phi) is 6.90. The third-order valence-corrected chi connectivity index (χ3v) is 4.71. The highest BCUT2D eigenvalue weighted by atomic mass is 79.9. The third-order valence-electron chi connectivity index (χ3n) is 3.98. The molecule has 0 saturated heterocycles. The second-order valence-corrected chi connectivity index (χ2v) is 7.02. The number of rotatable bonds is 7. The van der Waals surface area contributed by atoms with Crippen molar-refractivity contribution < 1.29 is 18.3 Å². The molecule has 2 N–H and O–H groups in total. The summed E-state index contributed by atoms with van der Waals surface area (Å²) >= 11 is 3.20. The number of amides is 1. The van der Waals surface area contributed by atoms with Gasteiger partial charge in [0.15, 0.2) is 0 Å². The third kappa shape index (κ3) is 5.16. The molecule has 0 aliphatic heterocycles. The number of carbonyl (C=O) groups is 1. The number of aromatic nitrogens is 1. The van der Waals surface area contributed by atoms with Gasteiger partial charge in [0.05, 0.1) is 6.54 Å². The molecule has 8 heteroatoms. The van der Waals surface area contributed by atoms with E-state index in [2.05, 4.69) is 22.5 Å². The van der Waals surface area contributed by atoms with E-state index in [0.29, 0.717) is 16.8 Å². The SMILES string of the molecule is C=C(/C=C(\C)C(N)=O)Cn1c(C)cc(OCc2ccc(F)cc2F)c(Br)c1=O. The summed E-state index contributed by atoms with van der Waals surface area (Å²) in [4.78, 5) is 23.8. The minimum absolute atomic E-state index is 0.154. The van der Waals surface area contributed by atoms with Crippen LogP contribution in [0.5, 0.6) is 5.75 Å². The topological polar surface area (TPSA) is 74.3 Å². The largest absolute Gasteiger partial charge is 0.487 e. The van der Waals surface area contributed by atoms with Gasteiger partial charge in [-0.3, -0.25) is 9.59 Å². The van der Waals surface area contributed by atoms with Crippen molar-refractivity contribution in [1.82, 2.24) is 4.57 Å². The highest BCUT2D eigenvalue weighted by Gasteiger charge is 2.14. The van der Waals surface area contributed by atoms with Crippen molar-refractivity contribution in [3.63, 3.8) is 0 Å². The number of hydrogen-bond donors (Lipinski definition) is 1. The van der Waals surface area contributed by atoms with Gasteiger partial charge in [-0.1, -0.05) is 6.58 Å². The van der Waals surface area contributed by atoms with Crippen molar-refractivity contribution in [3.05, 3.63) is 85.8 Å². The average Bonchev–Trinajstić information content (AvgIpc) is 2.61. The van der Waals surface area contributed by atoms with E-state index in [1.165, 1.54) is 16.7 Å². The highest BCUT2D eigenvalue weighted by molar-refractivity contribution is 9.10. The van der Waals surface area contributed by atoms with Crippen LogP contribution in [0.15, 0.2) is 57.3 Å². The number of allylic oxidation sites excluding steroid dienone is 2. The Balaban J connectivity index is 2.24. The number of halogens is 3. The molecule has 0 aliphatic carbocycles. The van der Waals surface area contributed by atoms with Crippen molar-refractivity contribution in [2.75, 3.05) is 0 Å². The molecule has 1 aromatic carbocycles. The lowest BCUT2D eigenvalue weighted by Crippen LogP contribution is -2.24. The number of benzene rings is 1. The zero-order valence-electron chi connectivity index (χ0n) is 15.4. The smallest absolute Gasteiger partial charge is 0.269 e. The van der Waals surface area contributed by atoms with Gasteiger partial charge in [0, 0.05) is 29.0 Å². The van der Waals surface area contributed by atoms with Gasteiger partial charge in [-0.25, -0.2) is 8.78 Å². The molecule has 1 amide bonds. The fourth-order valence-corrected chi connectivity index (χ4v) is 2.88. The first kappa shape index (κ1) is 21.6. The molecule has 28 heavy (non-hydrogen) atoms. The molecule has 148 valence electrons. The molecule has 2 aromatic rings. The molecule has 1 aromatic heterocycles. The molecule has 0 radical (unpaired) electrons. The second-order valence-electron chi connectivity index (χ2n) is 6.23. The van der Waals surface area contributed by atoms with Gasteiger partial charge < -0.3 is 15.0 Å². The minimum atomic E-state index is -0.728. The summed E-state index contributed by atoms with van der Waals surface area (Å²) in [6.45, 7) is 7.09. The summed E-state index contributed by atoms with van der Waals surface area (Å²) < 4.78 is 33.9. The van der Waals surface area contributed by atoms with Crippen LogP contribution in [-0.4, -0.2) is 10.5 Å². The van der Waals surface area contributed by atoms with E-state index < -0.39 is 17.5 Å². The van der Waals surface area contributed by atoms with Crippen LogP contribution in [0.2, 0.25) is 0 Å². The number of carbonyl (C=O) groups excluding carboxylic acids is 1. The van der Waals surface area contributed by atoms with Crippen molar-refractivity contribution in [2.24, 2.45) is 5.73 Å². The van der Waals surface area contributed by atoms with Gasteiger partial charge in [0.1, 0.15) is 28.5 Å². The standard InChI is InChI=1S/C20H19BrF2N2O3/c1-11(6-12(2)19(24)26)9-25-13(3)7-17(18(21)20(25)27)28-10-14-4-5-15(22)8-16(14)23/h4-8H,1,9-10H2,2-3H3,(H2,24,26)/b12-6+. The first-order valence-electron chi connectivity index (χ1n) is 8.22. The van der Waals surface area contributed by atoms with Crippen LogP contribution in [0.25, 0.3) is 0 Å². The molecule has 0 unspecified atom stereocenters. The number of aryl methyl sites for hydroxylation is 1. The molecule has 0 spiro atoms. The minimum Gasteiger partial charge on any atom is -0.487 e. The van der Waals surface area contributed by atoms with Crippen LogP contribution >= 0.6 is 15.9 Å². The Labute approximate surface area is 169 Å². The zero-order valence-corrected chi connectivity index (χ0v) is 17.0.